The third-order valence-corrected chi connectivity index (χ3v) is 7.69. The fourth-order valence-corrected chi connectivity index (χ4v) is 5.63. The van der Waals surface area contributed by atoms with Gasteiger partial charge in [0.2, 0.25) is 0 Å². The van der Waals surface area contributed by atoms with Crippen LogP contribution in [0.2, 0.25) is 0 Å². The van der Waals surface area contributed by atoms with Gasteiger partial charge in [-0.15, -0.1) is 0 Å². The van der Waals surface area contributed by atoms with Gasteiger partial charge in [0, 0.05) is 47.3 Å². The van der Waals surface area contributed by atoms with Crippen LogP contribution in [0.5, 0.6) is 0 Å². The molecule has 0 heterocycles. The predicted octanol–water partition coefficient (Wildman–Crippen LogP) is 8.60. The molecule has 0 spiro atoms. The van der Waals surface area contributed by atoms with Gasteiger partial charge in [0.1, 0.15) is 0 Å². The SMILES string of the molecule is O=C(CC(c1ccccc1)C(C(=O)c1ccccc1)C(CC(=O)c1ccccc1)c1ccccc1)c1ccccc1. The Bertz CT molecular complexity index is 1470. The maximum absolute atomic E-state index is 14.6. The lowest BCUT2D eigenvalue weighted by Crippen LogP contribution is -2.32. The first-order chi connectivity index (χ1) is 20.1. The molecule has 41 heavy (non-hydrogen) atoms. The molecule has 2 atom stereocenters. The molecule has 0 radical (unpaired) electrons. The number of ketones is 3. The fourth-order valence-electron chi connectivity index (χ4n) is 5.63. The second-order valence-electron chi connectivity index (χ2n) is 10.3. The summed E-state index contributed by atoms with van der Waals surface area (Å²) in [6.07, 6.45) is 0.278. The molecular formula is C38H32O3. The van der Waals surface area contributed by atoms with Crippen LogP contribution in [-0.4, -0.2) is 17.3 Å². The van der Waals surface area contributed by atoms with E-state index >= 15 is 0 Å². The largest absolute Gasteiger partial charge is 0.294 e. The normalized spacial score (nSPS) is 13.1. The van der Waals surface area contributed by atoms with Crippen molar-refractivity contribution >= 4 is 17.3 Å². The van der Waals surface area contributed by atoms with Gasteiger partial charge in [0.25, 0.3) is 0 Å². The highest BCUT2D eigenvalue weighted by Crippen LogP contribution is 2.43. The van der Waals surface area contributed by atoms with Crippen molar-refractivity contribution in [2.75, 3.05) is 0 Å². The summed E-state index contributed by atoms with van der Waals surface area (Å²) in [6.45, 7) is 0. The summed E-state index contributed by atoms with van der Waals surface area (Å²) < 4.78 is 0. The van der Waals surface area contributed by atoms with E-state index in [1.54, 1.807) is 0 Å². The first-order valence-corrected chi connectivity index (χ1v) is 14.0. The van der Waals surface area contributed by atoms with Crippen molar-refractivity contribution in [1.29, 1.82) is 0 Å². The molecule has 0 N–H and O–H groups in total. The molecule has 0 aliphatic carbocycles. The number of carbonyl (C=O) groups excluding carboxylic acids is 3. The number of hydrogen-bond acceptors (Lipinski definition) is 3. The number of hydrogen-bond donors (Lipinski definition) is 0. The number of carbonyl (C=O) groups is 3. The summed E-state index contributed by atoms with van der Waals surface area (Å²) >= 11 is 0. The van der Waals surface area contributed by atoms with E-state index in [1.807, 2.05) is 152 Å². The lowest BCUT2D eigenvalue weighted by atomic mass is 9.68. The Morgan fingerprint density at radius 3 is 1.02 bits per heavy atom. The van der Waals surface area contributed by atoms with Crippen molar-refractivity contribution in [1.82, 2.24) is 0 Å². The van der Waals surface area contributed by atoms with Crippen LogP contribution in [0.3, 0.4) is 0 Å². The molecular weight excluding hydrogens is 504 g/mol. The van der Waals surface area contributed by atoms with E-state index in [0.29, 0.717) is 16.7 Å². The first-order valence-electron chi connectivity index (χ1n) is 14.0. The fraction of sp³-hybridized carbons (Fsp3) is 0.132. The lowest BCUT2D eigenvalue weighted by Gasteiger charge is -2.33. The van der Waals surface area contributed by atoms with Crippen LogP contribution in [0.25, 0.3) is 0 Å². The van der Waals surface area contributed by atoms with Gasteiger partial charge in [-0.1, -0.05) is 152 Å². The monoisotopic (exact) mass is 536 g/mol. The Morgan fingerprint density at radius 2 is 0.683 bits per heavy atom. The summed E-state index contributed by atoms with van der Waals surface area (Å²) in [6, 6.07) is 47.2. The number of Topliss-reactive ketones (excluding diaryl/α,β-unsaturated/α-hetero) is 3. The van der Waals surface area contributed by atoms with Crippen LogP contribution in [0.4, 0.5) is 0 Å². The van der Waals surface area contributed by atoms with Crippen molar-refractivity contribution in [2.24, 2.45) is 5.92 Å². The average Bonchev–Trinajstić information content (AvgIpc) is 3.05. The van der Waals surface area contributed by atoms with Crippen LogP contribution in [0.15, 0.2) is 152 Å². The quantitative estimate of drug-likeness (QED) is 0.150. The van der Waals surface area contributed by atoms with Crippen molar-refractivity contribution < 1.29 is 14.4 Å². The summed E-state index contributed by atoms with van der Waals surface area (Å²) in [5, 5.41) is 0. The molecule has 5 aromatic rings. The highest BCUT2D eigenvalue weighted by molar-refractivity contribution is 6.02. The van der Waals surface area contributed by atoms with E-state index in [1.165, 1.54) is 0 Å². The molecule has 5 aromatic carbocycles. The molecule has 5 rings (SSSR count). The molecule has 0 amide bonds. The minimum atomic E-state index is -0.664. The third-order valence-electron chi connectivity index (χ3n) is 7.69. The summed E-state index contributed by atoms with van der Waals surface area (Å²) in [4.78, 5) is 42.0. The van der Waals surface area contributed by atoms with E-state index in [9.17, 15) is 14.4 Å². The van der Waals surface area contributed by atoms with Gasteiger partial charge in [-0.05, 0) is 11.1 Å². The third kappa shape index (κ3) is 6.82. The summed E-state index contributed by atoms with van der Waals surface area (Å²) in [5.41, 5.74) is 3.59. The van der Waals surface area contributed by atoms with Gasteiger partial charge in [-0.2, -0.15) is 0 Å². The second kappa shape index (κ2) is 13.5. The number of benzene rings is 5. The van der Waals surface area contributed by atoms with Crippen LogP contribution in [-0.2, 0) is 0 Å². The van der Waals surface area contributed by atoms with Crippen LogP contribution in [0.1, 0.15) is 66.9 Å². The number of rotatable bonds is 12. The van der Waals surface area contributed by atoms with Crippen LogP contribution in [0, 0.1) is 5.92 Å². The molecule has 2 unspecified atom stereocenters. The molecule has 0 saturated carbocycles. The molecule has 3 heteroatoms. The molecule has 0 aliphatic heterocycles. The van der Waals surface area contributed by atoms with Gasteiger partial charge in [0.05, 0.1) is 0 Å². The molecule has 202 valence electrons. The van der Waals surface area contributed by atoms with Crippen LogP contribution >= 0.6 is 0 Å². The molecule has 0 saturated heterocycles. The molecule has 0 bridgehead atoms. The molecule has 3 nitrogen and oxygen atoms in total. The van der Waals surface area contributed by atoms with Crippen molar-refractivity contribution in [2.45, 2.75) is 24.7 Å². The predicted molar refractivity (Wildman–Crippen MR) is 163 cm³/mol. The van der Waals surface area contributed by atoms with Crippen molar-refractivity contribution in [3.05, 3.63) is 179 Å². The van der Waals surface area contributed by atoms with Gasteiger partial charge < -0.3 is 0 Å². The van der Waals surface area contributed by atoms with E-state index in [4.69, 9.17) is 0 Å². The Hall–Kier alpha value is -4.89. The Balaban J connectivity index is 1.66. The van der Waals surface area contributed by atoms with E-state index in [0.717, 1.165) is 11.1 Å². The smallest absolute Gasteiger partial charge is 0.167 e. The van der Waals surface area contributed by atoms with Gasteiger partial charge in [-0.3, -0.25) is 14.4 Å². The average molecular weight is 537 g/mol. The van der Waals surface area contributed by atoms with Crippen molar-refractivity contribution in [3.63, 3.8) is 0 Å². The van der Waals surface area contributed by atoms with Crippen LogP contribution < -0.4 is 0 Å². The van der Waals surface area contributed by atoms with E-state index in [-0.39, 0.29) is 30.2 Å². The van der Waals surface area contributed by atoms with Crippen molar-refractivity contribution in [3.8, 4) is 0 Å². The zero-order valence-electron chi connectivity index (χ0n) is 22.8. The minimum absolute atomic E-state index is 0.0356. The highest BCUT2D eigenvalue weighted by Gasteiger charge is 2.39. The highest BCUT2D eigenvalue weighted by atomic mass is 16.1. The minimum Gasteiger partial charge on any atom is -0.294 e. The van der Waals surface area contributed by atoms with Gasteiger partial charge in [0.15, 0.2) is 17.3 Å². The zero-order valence-corrected chi connectivity index (χ0v) is 22.8. The second-order valence-corrected chi connectivity index (χ2v) is 10.3. The van der Waals surface area contributed by atoms with Gasteiger partial charge in [-0.25, -0.2) is 0 Å². The van der Waals surface area contributed by atoms with Gasteiger partial charge >= 0.3 is 0 Å². The standard InChI is InChI=1S/C38H32O3/c39-35(30-20-10-3-11-21-30)26-33(28-16-6-1-7-17-28)37(38(41)32-24-14-5-15-25-32)34(29-18-8-2-9-19-29)27-36(40)31-22-12-4-13-23-31/h1-25,33-34,37H,26-27H2. The maximum Gasteiger partial charge on any atom is 0.167 e. The molecule has 0 fully saturated rings. The zero-order chi connectivity index (χ0) is 28.4. The van der Waals surface area contributed by atoms with E-state index < -0.39 is 17.8 Å². The Kier molecular flexibility index (Phi) is 9.08. The topological polar surface area (TPSA) is 51.2 Å². The maximum atomic E-state index is 14.6. The molecule has 0 aliphatic rings. The summed E-state index contributed by atoms with van der Waals surface area (Å²) in [5.74, 6) is -1.72. The first kappa shape index (κ1) is 27.7. The Labute approximate surface area is 241 Å². The molecule has 0 aromatic heterocycles. The Morgan fingerprint density at radius 1 is 0.390 bits per heavy atom. The lowest BCUT2D eigenvalue weighted by molar-refractivity contribution is 0.0833. The van der Waals surface area contributed by atoms with E-state index in [2.05, 4.69) is 0 Å². The summed E-state index contributed by atoms with van der Waals surface area (Å²) in [7, 11) is 0.